The van der Waals surface area contributed by atoms with Gasteiger partial charge in [0.1, 0.15) is 12.1 Å². The number of nitrogens with zero attached hydrogens (tertiary/aromatic N) is 1. The molecule has 3 heterocycles. The molecule has 4 heteroatoms. The summed E-state index contributed by atoms with van der Waals surface area (Å²) in [6.45, 7) is 3.16. The molecule has 3 fully saturated rings. The zero-order chi connectivity index (χ0) is 13.2. The first-order valence-corrected chi connectivity index (χ1v) is 6.97. The van der Waals surface area contributed by atoms with Crippen LogP contribution in [0, 0.1) is 5.92 Å². The summed E-state index contributed by atoms with van der Waals surface area (Å²) in [4.78, 5) is 14.5. The normalized spacial score (nSPS) is 30.9. The van der Waals surface area contributed by atoms with Gasteiger partial charge in [0.15, 0.2) is 0 Å². The first-order chi connectivity index (χ1) is 9.24. The van der Waals surface area contributed by atoms with Gasteiger partial charge in [0, 0.05) is 6.54 Å². The third-order valence-corrected chi connectivity index (χ3v) is 4.28. The predicted molar refractivity (Wildman–Crippen MR) is 72.4 cm³/mol. The molecule has 4 rings (SSSR count). The molecular formula is C15H20N2O2. The van der Waals surface area contributed by atoms with Crippen LogP contribution in [-0.2, 0) is 9.53 Å². The van der Waals surface area contributed by atoms with Crippen molar-refractivity contribution in [1.29, 1.82) is 0 Å². The second-order valence-corrected chi connectivity index (χ2v) is 5.50. The Morgan fingerprint density at radius 1 is 1.26 bits per heavy atom. The number of carbonyl (C=O) groups excluding carboxylic acids is 1. The Labute approximate surface area is 113 Å². The van der Waals surface area contributed by atoms with Crippen LogP contribution in [0.5, 0.6) is 0 Å². The van der Waals surface area contributed by atoms with Crippen LogP contribution in [0.25, 0.3) is 0 Å². The Bertz CT molecular complexity index is 441. The lowest BCUT2D eigenvalue weighted by molar-refractivity contribution is -0.160. The molecule has 1 aromatic carbocycles. The number of hydrogen-bond acceptors (Lipinski definition) is 4. The van der Waals surface area contributed by atoms with Crippen LogP contribution in [0.1, 0.15) is 24.4 Å². The van der Waals surface area contributed by atoms with Crippen molar-refractivity contribution in [2.45, 2.75) is 25.0 Å². The van der Waals surface area contributed by atoms with E-state index in [0.717, 1.165) is 38.0 Å². The van der Waals surface area contributed by atoms with Crippen LogP contribution in [-0.4, -0.2) is 36.6 Å². The average Bonchev–Trinajstić information content (AvgIpc) is 2.48. The molecular weight excluding hydrogens is 240 g/mol. The van der Waals surface area contributed by atoms with E-state index in [4.69, 9.17) is 10.5 Å². The molecule has 0 aliphatic carbocycles. The fraction of sp³-hybridized carbons (Fsp3) is 0.533. The highest BCUT2D eigenvalue weighted by molar-refractivity contribution is 5.77. The number of esters is 1. The van der Waals surface area contributed by atoms with E-state index in [1.54, 1.807) is 0 Å². The van der Waals surface area contributed by atoms with Crippen LogP contribution in [0.2, 0.25) is 0 Å². The number of fused-ring (bicyclic) bond motifs is 3. The molecule has 1 aromatic rings. The summed E-state index contributed by atoms with van der Waals surface area (Å²) in [6.07, 6.45) is 2.31. The largest absolute Gasteiger partial charge is 0.459 e. The summed E-state index contributed by atoms with van der Waals surface area (Å²) >= 11 is 0. The molecule has 3 aliphatic heterocycles. The highest BCUT2D eigenvalue weighted by Crippen LogP contribution is 2.30. The summed E-state index contributed by atoms with van der Waals surface area (Å²) in [5.74, 6) is 0.224. The first-order valence-electron chi connectivity index (χ1n) is 6.97. The van der Waals surface area contributed by atoms with Gasteiger partial charge in [0.25, 0.3) is 0 Å². The molecule has 4 nitrogen and oxygen atoms in total. The number of carbonyl (C=O) groups is 1. The molecule has 19 heavy (non-hydrogen) atoms. The molecule has 102 valence electrons. The van der Waals surface area contributed by atoms with Gasteiger partial charge in [-0.15, -0.1) is 0 Å². The molecule has 0 amide bonds. The van der Waals surface area contributed by atoms with Gasteiger partial charge in [-0.25, -0.2) is 4.79 Å². The smallest absolute Gasteiger partial charge is 0.327 e. The minimum atomic E-state index is -0.670. The molecule has 0 saturated carbocycles. The van der Waals surface area contributed by atoms with Crippen molar-refractivity contribution in [1.82, 2.24) is 4.90 Å². The second-order valence-electron chi connectivity index (χ2n) is 5.50. The predicted octanol–water partition coefficient (Wildman–Crippen LogP) is 1.32. The van der Waals surface area contributed by atoms with Crippen molar-refractivity contribution >= 4 is 5.97 Å². The van der Waals surface area contributed by atoms with E-state index >= 15 is 0 Å². The summed E-state index contributed by atoms with van der Waals surface area (Å²) in [5.41, 5.74) is 6.78. The van der Waals surface area contributed by atoms with Gasteiger partial charge in [-0.1, -0.05) is 30.3 Å². The number of benzene rings is 1. The quantitative estimate of drug-likeness (QED) is 0.833. The molecule has 2 atom stereocenters. The molecule has 1 unspecified atom stereocenters. The van der Waals surface area contributed by atoms with E-state index in [1.807, 2.05) is 30.3 Å². The Balaban J connectivity index is 1.62. The Hall–Kier alpha value is -1.39. The SMILES string of the molecule is N[C@@H](C(=O)OC1CN2CCC1CC2)c1ccccc1. The average molecular weight is 260 g/mol. The number of ether oxygens (including phenoxy) is 1. The molecule has 0 radical (unpaired) electrons. The van der Waals surface area contributed by atoms with E-state index < -0.39 is 6.04 Å². The van der Waals surface area contributed by atoms with Crippen molar-refractivity contribution in [3.8, 4) is 0 Å². The lowest BCUT2D eigenvalue weighted by Crippen LogP contribution is -2.52. The first kappa shape index (κ1) is 12.6. The zero-order valence-electron chi connectivity index (χ0n) is 11.0. The molecule has 2 N–H and O–H groups in total. The van der Waals surface area contributed by atoms with Crippen molar-refractivity contribution in [3.05, 3.63) is 35.9 Å². The molecule has 2 bridgehead atoms. The number of nitrogens with two attached hydrogens (primary N) is 1. The van der Waals surface area contributed by atoms with Crippen LogP contribution >= 0.6 is 0 Å². The van der Waals surface area contributed by atoms with Crippen molar-refractivity contribution in [3.63, 3.8) is 0 Å². The van der Waals surface area contributed by atoms with Gasteiger partial charge < -0.3 is 10.5 Å². The minimum absolute atomic E-state index is 0.0322. The van der Waals surface area contributed by atoms with Crippen molar-refractivity contribution in [2.75, 3.05) is 19.6 Å². The maximum Gasteiger partial charge on any atom is 0.327 e. The number of hydrogen-bond donors (Lipinski definition) is 1. The van der Waals surface area contributed by atoms with E-state index in [1.165, 1.54) is 0 Å². The van der Waals surface area contributed by atoms with Gasteiger partial charge in [0.05, 0.1) is 0 Å². The Morgan fingerprint density at radius 3 is 2.53 bits per heavy atom. The maximum atomic E-state index is 12.1. The standard InChI is InChI=1S/C15H20N2O2/c16-14(12-4-2-1-3-5-12)15(18)19-13-10-17-8-6-11(13)7-9-17/h1-5,11,13-14H,6-10,16H2/t13?,14-/m1/s1. The minimum Gasteiger partial charge on any atom is -0.459 e. The third kappa shape index (κ3) is 2.65. The molecule has 3 saturated heterocycles. The fourth-order valence-electron chi connectivity index (χ4n) is 3.06. The summed E-state index contributed by atoms with van der Waals surface area (Å²) in [7, 11) is 0. The number of piperidine rings is 3. The van der Waals surface area contributed by atoms with E-state index in [0.29, 0.717) is 5.92 Å². The fourth-order valence-corrected chi connectivity index (χ4v) is 3.06. The molecule has 0 spiro atoms. The Kier molecular flexibility index (Phi) is 3.53. The summed E-state index contributed by atoms with van der Waals surface area (Å²) < 4.78 is 5.64. The summed E-state index contributed by atoms with van der Waals surface area (Å²) in [6, 6.07) is 8.74. The maximum absolute atomic E-state index is 12.1. The second kappa shape index (κ2) is 5.31. The van der Waals surface area contributed by atoms with Crippen LogP contribution in [0.15, 0.2) is 30.3 Å². The lowest BCUT2D eigenvalue weighted by atomic mass is 9.86. The zero-order valence-corrected chi connectivity index (χ0v) is 11.0. The van der Waals surface area contributed by atoms with Crippen LogP contribution in [0.4, 0.5) is 0 Å². The Morgan fingerprint density at radius 2 is 1.95 bits per heavy atom. The van der Waals surface area contributed by atoms with E-state index in [9.17, 15) is 4.79 Å². The van der Waals surface area contributed by atoms with Crippen LogP contribution < -0.4 is 5.73 Å². The van der Waals surface area contributed by atoms with E-state index in [-0.39, 0.29) is 12.1 Å². The topological polar surface area (TPSA) is 55.6 Å². The third-order valence-electron chi connectivity index (χ3n) is 4.28. The van der Waals surface area contributed by atoms with Crippen molar-refractivity contribution in [2.24, 2.45) is 11.7 Å². The van der Waals surface area contributed by atoms with Gasteiger partial charge in [0.2, 0.25) is 0 Å². The van der Waals surface area contributed by atoms with Crippen LogP contribution in [0.3, 0.4) is 0 Å². The van der Waals surface area contributed by atoms with Crippen molar-refractivity contribution < 1.29 is 9.53 Å². The van der Waals surface area contributed by atoms with E-state index in [2.05, 4.69) is 4.90 Å². The molecule has 0 aromatic heterocycles. The lowest BCUT2D eigenvalue weighted by Gasteiger charge is -2.44. The summed E-state index contributed by atoms with van der Waals surface area (Å²) in [5, 5.41) is 0. The van der Waals surface area contributed by atoms with Gasteiger partial charge in [-0.05, 0) is 37.4 Å². The molecule has 3 aliphatic rings. The number of rotatable bonds is 3. The highest BCUT2D eigenvalue weighted by atomic mass is 16.5. The monoisotopic (exact) mass is 260 g/mol. The van der Waals surface area contributed by atoms with Gasteiger partial charge in [-0.2, -0.15) is 0 Å². The van der Waals surface area contributed by atoms with Gasteiger partial charge >= 0.3 is 5.97 Å². The highest BCUT2D eigenvalue weighted by Gasteiger charge is 2.37. The van der Waals surface area contributed by atoms with Gasteiger partial charge in [-0.3, -0.25) is 4.90 Å².